The molecule has 2 aromatic rings. The van der Waals surface area contributed by atoms with Gasteiger partial charge in [-0.3, -0.25) is 14.4 Å². The number of unbranched alkanes of at least 4 members (excludes halogenated alkanes) is 1. The number of nitrogens with one attached hydrogen (secondary N) is 1. The molecule has 0 radical (unpaired) electrons. The quantitative estimate of drug-likeness (QED) is 0.471. The van der Waals surface area contributed by atoms with Gasteiger partial charge in [-0.25, -0.2) is 13.4 Å². The van der Waals surface area contributed by atoms with Crippen LogP contribution in [0.25, 0.3) is 0 Å². The number of aromatic nitrogens is 1. The Morgan fingerprint density at radius 2 is 1.84 bits per heavy atom. The molecule has 0 saturated carbocycles. The molecule has 0 bridgehead atoms. The van der Waals surface area contributed by atoms with E-state index < -0.39 is 40.1 Å². The van der Waals surface area contributed by atoms with Crippen molar-refractivity contribution in [3.63, 3.8) is 0 Å². The maximum absolute atomic E-state index is 13.0. The van der Waals surface area contributed by atoms with Gasteiger partial charge in [0.05, 0.1) is 12.6 Å². The topological polar surface area (TPSA) is 126 Å². The zero-order valence-corrected chi connectivity index (χ0v) is 20.9. The van der Waals surface area contributed by atoms with Gasteiger partial charge in [0, 0.05) is 31.3 Å². The van der Waals surface area contributed by atoms with Gasteiger partial charge in [0.2, 0.25) is 5.91 Å². The number of rotatable bonds is 9. The summed E-state index contributed by atoms with van der Waals surface area (Å²) in [5.41, 5.74) is 0.156. The van der Waals surface area contributed by atoms with Gasteiger partial charge in [-0.15, -0.1) is 13.2 Å². The van der Waals surface area contributed by atoms with Crippen molar-refractivity contribution >= 4 is 27.6 Å². The van der Waals surface area contributed by atoms with Crippen molar-refractivity contribution in [2.24, 2.45) is 0 Å². The van der Waals surface area contributed by atoms with Crippen molar-refractivity contribution in [2.45, 2.75) is 49.2 Å². The van der Waals surface area contributed by atoms with Crippen molar-refractivity contribution in [1.82, 2.24) is 19.5 Å². The van der Waals surface area contributed by atoms with Gasteiger partial charge in [0.25, 0.3) is 15.9 Å². The average molecular weight is 555 g/mol. The number of likely N-dealkylation sites (tertiary alicyclic amines) is 1. The van der Waals surface area contributed by atoms with Gasteiger partial charge in [-0.1, -0.05) is 6.07 Å². The summed E-state index contributed by atoms with van der Waals surface area (Å²) < 4.78 is 67.6. The van der Waals surface area contributed by atoms with Crippen LogP contribution in [-0.2, 0) is 19.6 Å². The number of fused-ring (bicyclic) bond motifs is 1. The first-order valence-corrected chi connectivity index (χ1v) is 13.3. The monoisotopic (exact) mass is 554 g/mol. The van der Waals surface area contributed by atoms with Crippen molar-refractivity contribution in [1.29, 1.82) is 0 Å². The van der Waals surface area contributed by atoms with Gasteiger partial charge in [-0.05, 0) is 55.7 Å². The van der Waals surface area contributed by atoms with E-state index in [1.165, 1.54) is 29.3 Å². The first kappa shape index (κ1) is 27.5. The summed E-state index contributed by atoms with van der Waals surface area (Å²) in [6.07, 6.45) is -2.14. The molecule has 2 atom stereocenters. The number of amides is 2. The molecule has 204 valence electrons. The second-order valence-corrected chi connectivity index (χ2v) is 10.7. The van der Waals surface area contributed by atoms with Crippen LogP contribution >= 0.6 is 0 Å². The summed E-state index contributed by atoms with van der Waals surface area (Å²) in [5, 5.41) is 2.48. The first-order chi connectivity index (χ1) is 18.0. The molecule has 1 aromatic carbocycles. The Morgan fingerprint density at radius 3 is 2.50 bits per heavy atom. The number of sulfonamides is 1. The minimum atomic E-state index is -4.82. The summed E-state index contributed by atoms with van der Waals surface area (Å²) in [5.74, 6) is -1.52. The standard InChI is InChI=1S/C24H25F3N4O6S/c25-24(26,27)37-17-9-7-16(8-10-17)23(34)29-13-4-2-6-21(33)30-14-11-18-22(30)19(32)15-31(18)38(35,36)20-5-1-3-12-28-20/h1,3,5,7-10,12,18,22H,2,4,6,11,13-15H2,(H,29,34). The van der Waals surface area contributed by atoms with Crippen LogP contribution < -0.4 is 10.1 Å². The maximum atomic E-state index is 13.0. The van der Waals surface area contributed by atoms with Gasteiger partial charge < -0.3 is 15.0 Å². The molecule has 1 aromatic heterocycles. The van der Waals surface area contributed by atoms with Gasteiger partial charge in [0.1, 0.15) is 11.8 Å². The Labute approximate surface area is 216 Å². The molecule has 2 unspecified atom stereocenters. The SMILES string of the molecule is O=C(NCCCCC(=O)N1CCC2C1C(=O)CN2S(=O)(=O)c1ccccn1)c1ccc(OC(F)(F)F)cc1. The summed E-state index contributed by atoms with van der Waals surface area (Å²) in [6, 6.07) is 7.53. The Hall–Kier alpha value is -3.52. The number of ketones is 1. The lowest BCUT2D eigenvalue weighted by molar-refractivity contribution is -0.274. The van der Waals surface area contributed by atoms with E-state index in [1.807, 2.05) is 0 Å². The van der Waals surface area contributed by atoms with Crippen molar-refractivity contribution in [3.8, 4) is 5.75 Å². The molecular formula is C24H25F3N4O6S. The van der Waals surface area contributed by atoms with Crippen LogP contribution in [0.5, 0.6) is 5.75 Å². The van der Waals surface area contributed by atoms with Crippen molar-refractivity contribution in [3.05, 3.63) is 54.2 Å². The summed E-state index contributed by atoms with van der Waals surface area (Å²) in [7, 11) is -3.97. The number of hydrogen-bond acceptors (Lipinski definition) is 7. The first-order valence-electron chi connectivity index (χ1n) is 11.9. The number of Topliss-reactive ketones (excluding diaryl/α,β-unsaturated/α-hetero) is 1. The van der Waals surface area contributed by atoms with E-state index in [9.17, 15) is 36.0 Å². The minimum Gasteiger partial charge on any atom is -0.406 e. The smallest absolute Gasteiger partial charge is 0.406 e. The molecule has 2 amide bonds. The predicted octanol–water partition coefficient (Wildman–Crippen LogP) is 2.12. The largest absolute Gasteiger partial charge is 0.573 e. The molecule has 3 heterocycles. The fraction of sp³-hybridized carbons (Fsp3) is 0.417. The van der Waals surface area contributed by atoms with E-state index in [-0.39, 0.29) is 48.3 Å². The number of hydrogen-bond donors (Lipinski definition) is 1. The minimum absolute atomic E-state index is 0.114. The number of carbonyl (C=O) groups is 3. The third-order valence-electron chi connectivity index (χ3n) is 6.36. The molecule has 2 aliphatic heterocycles. The maximum Gasteiger partial charge on any atom is 0.573 e. The van der Waals surface area contributed by atoms with Crippen LogP contribution in [0.2, 0.25) is 0 Å². The predicted molar refractivity (Wildman–Crippen MR) is 126 cm³/mol. The third kappa shape index (κ3) is 6.13. The van der Waals surface area contributed by atoms with Crippen LogP contribution in [0.3, 0.4) is 0 Å². The number of benzene rings is 1. The molecule has 38 heavy (non-hydrogen) atoms. The van der Waals surface area contributed by atoms with Gasteiger partial charge in [0.15, 0.2) is 10.8 Å². The van der Waals surface area contributed by atoms with Crippen molar-refractivity contribution in [2.75, 3.05) is 19.6 Å². The Balaban J connectivity index is 1.23. The molecule has 0 spiro atoms. The Morgan fingerprint density at radius 1 is 1.11 bits per heavy atom. The highest BCUT2D eigenvalue weighted by Gasteiger charge is 2.53. The second-order valence-electron chi connectivity index (χ2n) is 8.86. The molecule has 2 fully saturated rings. The fourth-order valence-electron chi connectivity index (χ4n) is 4.65. The lowest BCUT2D eigenvalue weighted by Crippen LogP contribution is -2.43. The van der Waals surface area contributed by atoms with E-state index in [1.54, 1.807) is 12.1 Å². The zero-order valence-electron chi connectivity index (χ0n) is 20.1. The normalized spacial score (nSPS) is 19.9. The number of pyridine rings is 1. The summed E-state index contributed by atoms with van der Waals surface area (Å²) in [4.78, 5) is 43.0. The Kier molecular flexibility index (Phi) is 8.02. The van der Waals surface area contributed by atoms with Crippen LogP contribution in [0.15, 0.2) is 53.7 Å². The molecule has 2 aliphatic rings. The second kappa shape index (κ2) is 11.1. The molecule has 4 rings (SSSR count). The van der Waals surface area contributed by atoms with Crippen LogP contribution in [0.1, 0.15) is 36.0 Å². The molecule has 14 heteroatoms. The van der Waals surface area contributed by atoms with Gasteiger partial charge >= 0.3 is 6.36 Å². The van der Waals surface area contributed by atoms with E-state index >= 15 is 0 Å². The number of nitrogens with zero attached hydrogens (tertiary/aromatic N) is 3. The molecule has 1 N–H and O–H groups in total. The van der Waals surface area contributed by atoms with Crippen LogP contribution in [-0.4, -0.2) is 78.3 Å². The molecule has 0 aliphatic carbocycles. The molecule has 2 saturated heterocycles. The number of halogens is 3. The number of ether oxygens (including phenoxy) is 1. The van der Waals surface area contributed by atoms with E-state index in [4.69, 9.17) is 0 Å². The number of alkyl halides is 3. The average Bonchev–Trinajstić information content (AvgIpc) is 3.45. The molecular weight excluding hydrogens is 529 g/mol. The lowest BCUT2D eigenvalue weighted by Gasteiger charge is -2.24. The number of carbonyl (C=O) groups excluding carboxylic acids is 3. The van der Waals surface area contributed by atoms with Crippen molar-refractivity contribution < 1.29 is 40.7 Å². The summed E-state index contributed by atoms with van der Waals surface area (Å²) in [6.45, 7) is 0.181. The lowest BCUT2D eigenvalue weighted by atomic mass is 10.1. The fourth-order valence-corrected chi connectivity index (χ4v) is 6.21. The third-order valence-corrected chi connectivity index (χ3v) is 8.15. The van der Waals surface area contributed by atoms with Crippen LogP contribution in [0, 0.1) is 0 Å². The van der Waals surface area contributed by atoms with E-state index in [0.717, 1.165) is 16.4 Å². The van der Waals surface area contributed by atoms with Crippen LogP contribution in [0.4, 0.5) is 13.2 Å². The van der Waals surface area contributed by atoms with E-state index in [0.29, 0.717) is 19.3 Å². The Bertz CT molecular complexity index is 1290. The highest BCUT2D eigenvalue weighted by molar-refractivity contribution is 7.89. The van der Waals surface area contributed by atoms with Gasteiger partial charge in [-0.2, -0.15) is 4.31 Å². The summed E-state index contributed by atoms with van der Waals surface area (Å²) >= 11 is 0. The highest BCUT2D eigenvalue weighted by atomic mass is 32.2. The van der Waals surface area contributed by atoms with E-state index in [2.05, 4.69) is 15.0 Å². The molecule has 10 nitrogen and oxygen atoms in total. The zero-order chi connectivity index (χ0) is 27.5. The highest BCUT2D eigenvalue weighted by Crippen LogP contribution is 2.34.